The van der Waals surface area contributed by atoms with Crippen LogP contribution in [0.15, 0.2) is 0 Å². The minimum absolute atomic E-state index is 0.179. The Morgan fingerprint density at radius 1 is 0.692 bits per heavy atom. The number of aliphatic hydroxyl groups is 1. The zero-order valence-electron chi connectivity index (χ0n) is 24.8. The number of amides is 1. The van der Waals surface area contributed by atoms with Crippen molar-refractivity contribution in [2.75, 3.05) is 14.1 Å². The molecule has 230 valence electrons. The molecule has 10 heteroatoms. The first-order valence-electron chi connectivity index (χ1n) is 14.7. The fourth-order valence-electron chi connectivity index (χ4n) is 4.20. The van der Waals surface area contributed by atoms with Gasteiger partial charge in [0.15, 0.2) is 0 Å². The highest BCUT2D eigenvalue weighted by molar-refractivity contribution is 5.86. The maximum Gasteiger partial charge on any atom is 0.221 e. The smallest absolute Gasteiger partial charge is 0.221 e. The fourth-order valence-corrected chi connectivity index (χ4v) is 4.20. The average Bonchev–Trinajstić information content (AvgIpc) is 2.84. The number of carboxylic acids is 3. The molecule has 0 aromatic rings. The highest BCUT2D eigenvalue weighted by atomic mass is 16.4. The lowest BCUT2D eigenvalue weighted by Crippen LogP contribution is -2.54. The van der Waals surface area contributed by atoms with Crippen LogP contribution in [0.3, 0.4) is 0 Å². The van der Waals surface area contributed by atoms with Crippen molar-refractivity contribution in [3.63, 3.8) is 0 Å². The molecule has 0 radical (unpaired) electrons. The second kappa shape index (κ2) is 24.8. The number of aliphatic carboxylic acids is 3. The van der Waals surface area contributed by atoms with Gasteiger partial charge in [0.2, 0.25) is 5.91 Å². The number of hydrogen-bond donors (Lipinski definition) is 2. The minimum Gasteiger partial charge on any atom is -0.550 e. The van der Waals surface area contributed by atoms with Crippen molar-refractivity contribution < 1.29 is 39.6 Å². The van der Waals surface area contributed by atoms with Gasteiger partial charge in [0.1, 0.15) is 5.60 Å². The van der Waals surface area contributed by atoms with Gasteiger partial charge >= 0.3 is 0 Å². The van der Waals surface area contributed by atoms with Crippen LogP contribution < -0.4 is 20.6 Å². The molecule has 0 aromatic carbocycles. The third kappa shape index (κ3) is 24.6. The third-order valence-corrected chi connectivity index (χ3v) is 6.60. The van der Waals surface area contributed by atoms with E-state index in [-0.39, 0.29) is 12.1 Å². The van der Waals surface area contributed by atoms with Crippen molar-refractivity contribution in [1.82, 2.24) is 10.2 Å². The van der Waals surface area contributed by atoms with Gasteiger partial charge in [-0.1, -0.05) is 104 Å². The molecule has 39 heavy (non-hydrogen) atoms. The van der Waals surface area contributed by atoms with E-state index in [2.05, 4.69) is 24.1 Å². The quantitative estimate of drug-likeness (QED) is 0.131. The van der Waals surface area contributed by atoms with Gasteiger partial charge in [0.05, 0.1) is 12.1 Å². The lowest BCUT2D eigenvalue weighted by atomic mass is 9.96. The van der Waals surface area contributed by atoms with Gasteiger partial charge in [-0.2, -0.15) is 0 Å². The van der Waals surface area contributed by atoms with E-state index in [0.29, 0.717) is 6.42 Å². The van der Waals surface area contributed by atoms with Gasteiger partial charge in [-0.05, 0) is 26.9 Å². The summed E-state index contributed by atoms with van der Waals surface area (Å²) in [5.74, 6) is -5.78. The normalized spacial score (nSPS) is 11.9. The summed E-state index contributed by atoms with van der Waals surface area (Å²) in [7, 11) is 4.03. The van der Waals surface area contributed by atoms with E-state index < -0.39 is 36.4 Å². The van der Waals surface area contributed by atoms with Crippen LogP contribution in [-0.4, -0.2) is 59.7 Å². The lowest BCUT2D eigenvalue weighted by Gasteiger charge is -2.29. The Bertz CT molecular complexity index is 654. The van der Waals surface area contributed by atoms with E-state index in [9.17, 15) is 34.5 Å². The van der Waals surface area contributed by atoms with Crippen LogP contribution >= 0.6 is 0 Å². The largest absolute Gasteiger partial charge is 0.550 e. The number of nitrogens with zero attached hydrogens (tertiary/aromatic N) is 1. The van der Waals surface area contributed by atoms with Crippen molar-refractivity contribution in [3.05, 3.63) is 0 Å². The van der Waals surface area contributed by atoms with Crippen molar-refractivity contribution in [3.8, 4) is 0 Å². The second-order valence-electron chi connectivity index (χ2n) is 10.6. The summed E-state index contributed by atoms with van der Waals surface area (Å²) in [5.41, 5.74) is -2.97. The molecule has 0 aliphatic rings. The molecule has 0 saturated carbocycles. The number of rotatable bonds is 24. The topological polar surface area (TPSA) is 173 Å². The maximum atomic E-state index is 11.9. The van der Waals surface area contributed by atoms with Gasteiger partial charge in [0.25, 0.3) is 0 Å². The Hall–Kier alpha value is -2.20. The van der Waals surface area contributed by atoms with Crippen molar-refractivity contribution in [2.24, 2.45) is 0 Å². The van der Waals surface area contributed by atoms with Crippen molar-refractivity contribution in [1.29, 1.82) is 0 Å². The van der Waals surface area contributed by atoms with E-state index in [1.165, 1.54) is 89.9 Å². The summed E-state index contributed by atoms with van der Waals surface area (Å²) in [6, 6.07) is 0. The van der Waals surface area contributed by atoms with E-state index in [4.69, 9.17) is 5.11 Å². The van der Waals surface area contributed by atoms with Crippen LogP contribution in [-0.2, 0) is 19.2 Å². The first-order chi connectivity index (χ1) is 18.4. The summed E-state index contributed by atoms with van der Waals surface area (Å²) in [6.07, 6.45) is 19.6. The van der Waals surface area contributed by atoms with Crippen molar-refractivity contribution >= 4 is 23.8 Å². The number of carboxylic acid groups (broad SMARTS) is 3. The van der Waals surface area contributed by atoms with Crippen LogP contribution in [0, 0.1) is 0 Å². The first-order valence-corrected chi connectivity index (χ1v) is 14.7. The molecular formula is C29H53N2O8-3. The molecule has 10 nitrogen and oxygen atoms in total. The Labute approximate surface area is 235 Å². The first kappa shape index (κ1) is 38.9. The zero-order valence-corrected chi connectivity index (χ0v) is 24.8. The molecule has 0 aliphatic carbocycles. The van der Waals surface area contributed by atoms with E-state index in [1.807, 2.05) is 14.1 Å². The zero-order chi connectivity index (χ0) is 30.1. The summed E-state index contributed by atoms with van der Waals surface area (Å²) in [4.78, 5) is 44.0. The maximum absolute atomic E-state index is 11.9. The molecule has 0 spiro atoms. The molecule has 0 aromatic heterocycles. The van der Waals surface area contributed by atoms with Gasteiger partial charge in [-0.25, -0.2) is 0 Å². The molecule has 0 saturated heterocycles. The lowest BCUT2D eigenvalue weighted by molar-refractivity contribution is -0.339. The number of unbranched alkanes of at least 4 members (excludes halogenated alkanes) is 14. The van der Waals surface area contributed by atoms with Crippen LogP contribution in [0.5, 0.6) is 0 Å². The second-order valence-corrected chi connectivity index (χ2v) is 10.6. The Balaban J connectivity index is 0. The van der Waals surface area contributed by atoms with E-state index in [1.54, 1.807) is 0 Å². The molecule has 0 bridgehead atoms. The monoisotopic (exact) mass is 557 g/mol. The Morgan fingerprint density at radius 2 is 1.05 bits per heavy atom. The Kier molecular flexibility index (Phi) is 24.8. The SMILES string of the molecule is CCCCCCCCCCCCCCCCCC(=O)NC(CC)N(C)C.O=C([O-])CC(O)(CC(=O)[O-])C(=O)[O-]. The number of hydrogen-bond acceptors (Lipinski definition) is 9. The number of carbonyl (C=O) groups excluding carboxylic acids is 4. The van der Waals surface area contributed by atoms with Crippen molar-refractivity contribution in [2.45, 2.75) is 148 Å². The molecule has 1 amide bonds. The molecule has 2 N–H and O–H groups in total. The molecule has 0 aliphatic heterocycles. The van der Waals surface area contributed by atoms with Gasteiger partial charge in [-0.3, -0.25) is 9.69 Å². The Morgan fingerprint density at radius 3 is 1.33 bits per heavy atom. The molecule has 0 rings (SSSR count). The summed E-state index contributed by atoms with van der Waals surface area (Å²) >= 11 is 0. The molecule has 0 fully saturated rings. The van der Waals surface area contributed by atoms with Gasteiger partial charge in [-0.15, -0.1) is 0 Å². The van der Waals surface area contributed by atoms with Crippen LogP contribution in [0.1, 0.15) is 136 Å². The highest BCUT2D eigenvalue weighted by Gasteiger charge is 2.29. The van der Waals surface area contributed by atoms with E-state index >= 15 is 0 Å². The predicted molar refractivity (Wildman–Crippen MR) is 145 cm³/mol. The molecule has 0 heterocycles. The molecule has 1 atom stereocenters. The van der Waals surface area contributed by atoms with Crippen LogP contribution in [0.4, 0.5) is 0 Å². The average molecular weight is 558 g/mol. The standard InChI is InChI=1S/C23H48N2O.C6H8O7/c1-5-7-8-9-10-11-12-13-14-15-16-17-18-19-20-21-23(26)24-22(6-2)25(3)4;7-3(8)1-6(13,5(11)12)2-4(9)10/h22H,5-21H2,1-4H3,(H,24,26);13H,1-2H2,(H,7,8)(H,9,10)(H,11,12)/p-3. The van der Waals surface area contributed by atoms with E-state index in [0.717, 1.165) is 12.8 Å². The molecule has 1 unspecified atom stereocenters. The summed E-state index contributed by atoms with van der Waals surface area (Å²) < 4.78 is 0. The fraction of sp³-hybridized carbons (Fsp3) is 0.862. The predicted octanol–water partition coefficient (Wildman–Crippen LogP) is 1.41. The number of carbonyl (C=O) groups is 4. The van der Waals surface area contributed by atoms with Crippen LogP contribution in [0.25, 0.3) is 0 Å². The molecular weight excluding hydrogens is 504 g/mol. The van der Waals surface area contributed by atoms with Crippen LogP contribution in [0.2, 0.25) is 0 Å². The summed E-state index contributed by atoms with van der Waals surface area (Å²) in [5, 5.41) is 42.0. The third-order valence-electron chi connectivity index (χ3n) is 6.60. The highest BCUT2D eigenvalue weighted by Crippen LogP contribution is 2.14. The number of nitrogens with one attached hydrogen (secondary N) is 1. The summed E-state index contributed by atoms with van der Waals surface area (Å²) in [6.45, 7) is 4.39. The van der Waals surface area contributed by atoms with Gasteiger partial charge in [0, 0.05) is 31.2 Å². The van der Waals surface area contributed by atoms with Gasteiger partial charge < -0.3 is 40.1 Å². The minimum atomic E-state index is -2.97.